The number of rotatable bonds is 1. The Morgan fingerprint density at radius 1 is 0.870 bits per heavy atom. The predicted molar refractivity (Wildman–Crippen MR) is 105 cm³/mol. The van der Waals surface area contributed by atoms with E-state index >= 15 is 0 Å². The fraction of sp³-hybridized carbons (Fsp3) is 0.286. The number of para-hydroxylation sites is 1. The maximum absolute atomic E-state index is 5.30. The van der Waals surface area contributed by atoms with Crippen LogP contribution in [-0.4, -0.2) is 52.8 Å². The number of thiocarbonyl (C=S) groups is 2. The zero-order valence-electron chi connectivity index (χ0n) is 13.3. The zero-order valence-corrected chi connectivity index (χ0v) is 16.5. The van der Waals surface area contributed by atoms with Crippen LogP contribution in [0, 0.1) is 0 Å². The van der Waals surface area contributed by atoms with Crippen LogP contribution in [0.15, 0.2) is 40.3 Å². The second kappa shape index (κ2) is 7.91. The van der Waals surface area contributed by atoms with E-state index < -0.39 is 0 Å². The third-order valence-corrected chi connectivity index (χ3v) is 5.72. The topological polar surface area (TPSA) is 36.1 Å². The van der Waals surface area contributed by atoms with Crippen LogP contribution in [0.1, 0.15) is 0 Å². The molecule has 23 heavy (non-hydrogen) atoms. The minimum absolute atomic E-state index is 0.519. The molecule has 9 heteroatoms. The van der Waals surface area contributed by atoms with E-state index in [1.54, 1.807) is 9.80 Å². The third kappa shape index (κ3) is 4.54. The van der Waals surface area contributed by atoms with Crippen molar-refractivity contribution in [2.45, 2.75) is 0 Å². The smallest absolute Gasteiger partial charge is 0.209 e. The molecule has 0 saturated carbocycles. The molecule has 122 valence electrons. The standard InChI is InChI=1S/C14H17N5S4/c1-17(2)11(20)15-13-19(10-8-6-5-7-9-10)14(23-22-13)16-12(21)18(3)4/h5-9H,1-4H3/b15-13-,16-14+. The molecule has 0 bridgehead atoms. The summed E-state index contributed by atoms with van der Waals surface area (Å²) in [6.45, 7) is 0. The number of hydrogen-bond donors (Lipinski definition) is 0. The molecule has 0 spiro atoms. The van der Waals surface area contributed by atoms with E-state index in [0.29, 0.717) is 10.2 Å². The lowest BCUT2D eigenvalue weighted by molar-refractivity contribution is 0.624. The van der Waals surface area contributed by atoms with Gasteiger partial charge in [-0.1, -0.05) is 18.2 Å². The van der Waals surface area contributed by atoms with E-state index in [1.807, 2.05) is 63.1 Å². The van der Waals surface area contributed by atoms with Crippen LogP contribution in [0.3, 0.4) is 0 Å². The number of hydrogen-bond acceptors (Lipinski definition) is 4. The Hall–Kier alpha value is -1.42. The Morgan fingerprint density at radius 2 is 1.30 bits per heavy atom. The molecule has 0 aliphatic carbocycles. The van der Waals surface area contributed by atoms with Gasteiger partial charge >= 0.3 is 0 Å². The SMILES string of the molecule is CN(C)C(=S)/N=c1\ss/c(=N/C(=S)N(C)C)n1-c1ccccc1. The highest BCUT2D eigenvalue weighted by Crippen LogP contribution is 2.05. The summed E-state index contributed by atoms with van der Waals surface area (Å²) in [5.74, 6) is 0. The highest BCUT2D eigenvalue weighted by molar-refractivity contribution is 7.80. The van der Waals surface area contributed by atoms with Gasteiger partial charge in [0.1, 0.15) is 0 Å². The maximum Gasteiger partial charge on any atom is 0.209 e. The van der Waals surface area contributed by atoms with Crippen LogP contribution < -0.4 is 9.60 Å². The molecular formula is C14H17N5S4. The Balaban J connectivity index is 2.70. The molecule has 0 unspecified atom stereocenters. The van der Waals surface area contributed by atoms with Gasteiger partial charge in [-0.15, -0.1) is 0 Å². The molecule has 0 atom stereocenters. The molecular weight excluding hydrogens is 366 g/mol. The zero-order chi connectivity index (χ0) is 17.0. The van der Waals surface area contributed by atoms with Gasteiger partial charge in [0.15, 0.2) is 10.2 Å². The van der Waals surface area contributed by atoms with Crippen molar-refractivity contribution in [2.24, 2.45) is 9.98 Å². The highest BCUT2D eigenvalue weighted by atomic mass is 32.9. The minimum atomic E-state index is 0.519. The molecule has 0 aliphatic heterocycles. The lowest BCUT2D eigenvalue weighted by Crippen LogP contribution is -2.29. The summed E-state index contributed by atoms with van der Waals surface area (Å²) in [4.78, 5) is 14.2. The van der Waals surface area contributed by atoms with E-state index in [0.717, 1.165) is 15.3 Å². The van der Waals surface area contributed by atoms with Gasteiger partial charge in [-0.05, 0) is 57.2 Å². The van der Waals surface area contributed by atoms with Crippen LogP contribution in [0.5, 0.6) is 0 Å². The fourth-order valence-electron chi connectivity index (χ4n) is 1.53. The van der Waals surface area contributed by atoms with Gasteiger partial charge in [-0.3, -0.25) is 4.57 Å². The van der Waals surface area contributed by atoms with Crippen LogP contribution in [0.4, 0.5) is 0 Å². The van der Waals surface area contributed by atoms with Crippen molar-refractivity contribution in [3.63, 3.8) is 0 Å². The first-order valence-electron chi connectivity index (χ1n) is 6.70. The Bertz CT molecular complexity index is 777. The first-order chi connectivity index (χ1) is 10.9. The van der Waals surface area contributed by atoms with Crippen molar-refractivity contribution < 1.29 is 0 Å². The molecule has 0 amide bonds. The largest absolute Gasteiger partial charge is 0.353 e. The fourth-order valence-corrected chi connectivity index (χ4v) is 3.92. The first kappa shape index (κ1) is 17.9. The van der Waals surface area contributed by atoms with Crippen molar-refractivity contribution in [2.75, 3.05) is 28.2 Å². The normalized spacial score (nSPS) is 12.3. The van der Waals surface area contributed by atoms with Crippen LogP contribution in [-0.2, 0) is 0 Å². The summed E-state index contributed by atoms with van der Waals surface area (Å²) >= 11 is 10.6. The van der Waals surface area contributed by atoms with Crippen molar-refractivity contribution in [1.29, 1.82) is 0 Å². The lowest BCUT2D eigenvalue weighted by Gasteiger charge is -2.09. The summed E-state index contributed by atoms with van der Waals surface area (Å²) in [5, 5.41) is 1.04. The number of aromatic nitrogens is 1. The molecule has 1 aromatic heterocycles. The number of benzene rings is 1. The predicted octanol–water partition coefficient (Wildman–Crippen LogP) is 2.09. The van der Waals surface area contributed by atoms with Crippen LogP contribution >= 0.6 is 45.1 Å². The Kier molecular flexibility index (Phi) is 6.17. The van der Waals surface area contributed by atoms with E-state index in [9.17, 15) is 0 Å². The van der Waals surface area contributed by atoms with E-state index in [1.165, 1.54) is 20.7 Å². The van der Waals surface area contributed by atoms with Gasteiger partial charge in [-0.2, -0.15) is 9.98 Å². The molecule has 5 nitrogen and oxygen atoms in total. The summed E-state index contributed by atoms with van der Waals surface area (Å²) < 4.78 is 1.97. The van der Waals surface area contributed by atoms with E-state index in [4.69, 9.17) is 24.4 Å². The van der Waals surface area contributed by atoms with Crippen molar-refractivity contribution in [3.05, 3.63) is 39.9 Å². The van der Waals surface area contributed by atoms with Gasteiger partial charge in [0, 0.05) is 28.2 Å². The number of nitrogens with zero attached hydrogens (tertiary/aromatic N) is 5. The quantitative estimate of drug-likeness (QED) is 0.558. The summed E-state index contributed by atoms with van der Waals surface area (Å²) in [7, 11) is 10.6. The molecule has 0 N–H and O–H groups in total. The molecule has 0 radical (unpaired) electrons. The van der Waals surface area contributed by atoms with Gasteiger partial charge in [0.25, 0.3) is 0 Å². The Labute approximate surface area is 153 Å². The van der Waals surface area contributed by atoms with Gasteiger partial charge in [-0.25, -0.2) is 0 Å². The lowest BCUT2D eigenvalue weighted by atomic mass is 10.3. The molecule has 0 aliphatic rings. The molecule has 2 aromatic rings. The van der Waals surface area contributed by atoms with Gasteiger partial charge < -0.3 is 9.80 Å². The van der Waals surface area contributed by atoms with Crippen molar-refractivity contribution in [3.8, 4) is 5.69 Å². The molecule has 2 rings (SSSR count). The molecule has 0 saturated heterocycles. The van der Waals surface area contributed by atoms with Crippen molar-refractivity contribution >= 4 is 55.3 Å². The summed E-state index contributed by atoms with van der Waals surface area (Å²) in [6.07, 6.45) is 0. The second-order valence-corrected chi connectivity index (χ2v) is 7.77. The first-order valence-corrected chi connectivity index (χ1v) is 9.66. The average Bonchev–Trinajstić information content (AvgIpc) is 2.90. The van der Waals surface area contributed by atoms with Gasteiger partial charge in [0.2, 0.25) is 9.60 Å². The van der Waals surface area contributed by atoms with E-state index in [-0.39, 0.29) is 0 Å². The summed E-state index contributed by atoms with van der Waals surface area (Å²) in [6, 6.07) is 9.95. The summed E-state index contributed by atoms with van der Waals surface area (Å²) in [5.41, 5.74) is 0.977. The van der Waals surface area contributed by atoms with Gasteiger partial charge in [0.05, 0.1) is 5.69 Å². The van der Waals surface area contributed by atoms with Crippen molar-refractivity contribution in [1.82, 2.24) is 14.4 Å². The highest BCUT2D eigenvalue weighted by Gasteiger charge is 2.07. The second-order valence-electron chi connectivity index (χ2n) is 4.98. The average molecular weight is 384 g/mol. The van der Waals surface area contributed by atoms with Crippen LogP contribution in [0.25, 0.3) is 5.69 Å². The molecule has 1 aromatic carbocycles. The minimum Gasteiger partial charge on any atom is -0.353 e. The Morgan fingerprint density at radius 3 is 1.70 bits per heavy atom. The maximum atomic E-state index is 5.30. The molecule has 0 fully saturated rings. The molecule has 1 heterocycles. The monoisotopic (exact) mass is 383 g/mol. The third-order valence-electron chi connectivity index (χ3n) is 2.74. The van der Waals surface area contributed by atoms with Crippen LogP contribution in [0.2, 0.25) is 0 Å². The van der Waals surface area contributed by atoms with E-state index in [2.05, 4.69) is 9.98 Å².